The molecule has 0 atom stereocenters. The highest BCUT2D eigenvalue weighted by Gasteiger charge is 2.30. The summed E-state index contributed by atoms with van der Waals surface area (Å²) in [5.74, 6) is -0.409. The van der Waals surface area contributed by atoms with Gasteiger partial charge in [0.25, 0.3) is 5.69 Å². The van der Waals surface area contributed by atoms with E-state index in [1.807, 2.05) is 49.4 Å². The van der Waals surface area contributed by atoms with Gasteiger partial charge in [0.05, 0.1) is 22.9 Å². The van der Waals surface area contributed by atoms with Crippen LogP contribution in [0.15, 0.2) is 78.2 Å². The first-order valence-electron chi connectivity index (χ1n) is 10.5. The molecule has 2 aromatic carbocycles. The number of nitro benzene ring substituents is 1. The molecular weight excluding hydrogens is 510 g/mol. The Kier molecular flexibility index (Phi) is 8.79. The smallest absolute Gasteiger partial charge is 0.289 e. The molecule has 1 heterocycles. The number of nitro groups is 1. The number of hydrogen-bond donors (Lipinski definition) is 0. The normalized spacial score (nSPS) is 11.4. The minimum absolute atomic E-state index is 0.151. The number of thiophene rings is 1. The molecule has 0 aliphatic rings. The minimum atomic E-state index is -4.25. The van der Waals surface area contributed by atoms with Gasteiger partial charge in [0.2, 0.25) is 15.9 Å². The van der Waals surface area contributed by atoms with Crippen LogP contribution in [-0.2, 0) is 27.9 Å². The first kappa shape index (κ1) is 26.6. The van der Waals surface area contributed by atoms with Crippen LogP contribution in [0.25, 0.3) is 0 Å². The summed E-state index contributed by atoms with van der Waals surface area (Å²) in [4.78, 5) is 27.2. The fraction of sp³-hybridized carbons (Fsp3) is 0.208. The maximum atomic E-state index is 13.4. The van der Waals surface area contributed by atoms with E-state index in [2.05, 4.69) is 6.58 Å². The molecule has 3 rings (SSSR count). The number of amides is 1. The zero-order valence-corrected chi connectivity index (χ0v) is 21.4. The Bertz CT molecular complexity index is 1330. The van der Waals surface area contributed by atoms with Crippen LogP contribution in [0.5, 0.6) is 0 Å². The van der Waals surface area contributed by atoms with Gasteiger partial charge in [0, 0.05) is 28.9 Å². The Hall–Kier alpha value is -3.05. The lowest BCUT2D eigenvalue weighted by atomic mass is 10.2. The molecule has 0 spiro atoms. The van der Waals surface area contributed by atoms with Crippen molar-refractivity contribution in [2.45, 2.75) is 24.9 Å². The molecule has 0 aliphatic carbocycles. The van der Waals surface area contributed by atoms with Gasteiger partial charge in [-0.05, 0) is 36.8 Å². The van der Waals surface area contributed by atoms with Crippen LogP contribution in [0, 0.1) is 17.0 Å². The van der Waals surface area contributed by atoms with Gasteiger partial charge in [-0.2, -0.15) is 4.31 Å². The summed E-state index contributed by atoms with van der Waals surface area (Å²) in [6, 6.07) is 16.5. The van der Waals surface area contributed by atoms with Gasteiger partial charge in [-0.3, -0.25) is 14.9 Å². The molecule has 35 heavy (non-hydrogen) atoms. The summed E-state index contributed by atoms with van der Waals surface area (Å²) in [5.41, 5.74) is 0.372. The largest absolute Gasteiger partial charge is 0.332 e. The highest BCUT2D eigenvalue weighted by atomic mass is 35.5. The highest BCUT2D eigenvalue weighted by molar-refractivity contribution is 7.89. The predicted molar refractivity (Wildman–Crippen MR) is 137 cm³/mol. The van der Waals surface area contributed by atoms with Gasteiger partial charge >= 0.3 is 0 Å². The molecule has 11 heteroatoms. The van der Waals surface area contributed by atoms with Crippen LogP contribution in [0.2, 0.25) is 5.02 Å². The van der Waals surface area contributed by atoms with Crippen LogP contribution < -0.4 is 0 Å². The van der Waals surface area contributed by atoms with Gasteiger partial charge in [0.1, 0.15) is 5.02 Å². The molecule has 1 aromatic heterocycles. The second kappa shape index (κ2) is 11.6. The molecule has 0 aliphatic heterocycles. The monoisotopic (exact) mass is 533 g/mol. The lowest BCUT2D eigenvalue weighted by molar-refractivity contribution is -0.384. The number of hydrogen-bond acceptors (Lipinski definition) is 6. The molecule has 0 saturated heterocycles. The van der Waals surface area contributed by atoms with Crippen molar-refractivity contribution in [1.82, 2.24) is 9.21 Å². The highest BCUT2D eigenvalue weighted by Crippen LogP contribution is 2.29. The SMILES string of the molecule is C=CCN(CC(=O)N(Cc1ccccc1)Cc1ccc(C)s1)S(=O)(=O)c1ccc(Cl)c([N+](=O)[O-])c1. The van der Waals surface area contributed by atoms with Crippen molar-refractivity contribution in [3.63, 3.8) is 0 Å². The third-order valence-corrected chi connectivity index (χ3v) is 8.22. The zero-order valence-electron chi connectivity index (χ0n) is 19.0. The van der Waals surface area contributed by atoms with Crippen molar-refractivity contribution >= 4 is 44.6 Å². The van der Waals surface area contributed by atoms with E-state index in [4.69, 9.17) is 11.6 Å². The molecule has 0 saturated carbocycles. The minimum Gasteiger partial charge on any atom is -0.332 e. The number of aryl methyl sites for hydroxylation is 1. The fourth-order valence-electron chi connectivity index (χ4n) is 3.38. The van der Waals surface area contributed by atoms with E-state index in [-0.39, 0.29) is 16.5 Å². The van der Waals surface area contributed by atoms with E-state index >= 15 is 0 Å². The van der Waals surface area contributed by atoms with Crippen molar-refractivity contribution in [1.29, 1.82) is 0 Å². The van der Waals surface area contributed by atoms with Crippen LogP contribution in [0.1, 0.15) is 15.3 Å². The van der Waals surface area contributed by atoms with Gasteiger partial charge < -0.3 is 4.90 Å². The summed E-state index contributed by atoms with van der Waals surface area (Å²) in [6.07, 6.45) is 1.36. The van der Waals surface area contributed by atoms with E-state index in [0.29, 0.717) is 13.1 Å². The molecule has 0 fully saturated rings. The number of halogens is 1. The standard InChI is InChI=1S/C24H24ClN3O5S2/c1-3-13-27(35(32,33)21-11-12-22(25)23(14-21)28(30)31)17-24(29)26(15-19-7-5-4-6-8-19)16-20-10-9-18(2)34-20/h3-12,14H,1,13,15-17H2,2H3. The number of rotatable bonds is 11. The Balaban J connectivity index is 1.90. The average Bonchev–Trinajstić information content (AvgIpc) is 3.23. The number of nitrogens with zero attached hydrogens (tertiary/aromatic N) is 3. The maximum absolute atomic E-state index is 13.4. The van der Waals surface area contributed by atoms with Gasteiger partial charge in [-0.15, -0.1) is 17.9 Å². The molecule has 184 valence electrons. The molecule has 0 radical (unpaired) electrons. The number of sulfonamides is 1. The van der Waals surface area contributed by atoms with E-state index in [1.54, 1.807) is 16.2 Å². The first-order valence-corrected chi connectivity index (χ1v) is 13.2. The van der Waals surface area contributed by atoms with E-state index in [0.717, 1.165) is 31.8 Å². The molecule has 0 unspecified atom stereocenters. The van der Waals surface area contributed by atoms with Crippen LogP contribution >= 0.6 is 22.9 Å². The van der Waals surface area contributed by atoms with E-state index in [1.165, 1.54) is 12.1 Å². The summed E-state index contributed by atoms with van der Waals surface area (Å²) in [6.45, 7) is 5.58. The van der Waals surface area contributed by atoms with Crippen molar-refractivity contribution in [2.24, 2.45) is 0 Å². The quantitative estimate of drug-likeness (QED) is 0.195. The topological polar surface area (TPSA) is 101 Å². The van der Waals surface area contributed by atoms with E-state index < -0.39 is 33.1 Å². The van der Waals surface area contributed by atoms with Gasteiger partial charge in [0.15, 0.2) is 0 Å². The van der Waals surface area contributed by atoms with Crippen molar-refractivity contribution in [2.75, 3.05) is 13.1 Å². The lowest BCUT2D eigenvalue weighted by Gasteiger charge is -2.26. The lowest BCUT2D eigenvalue weighted by Crippen LogP contribution is -2.42. The summed E-state index contributed by atoms with van der Waals surface area (Å²) >= 11 is 7.40. The summed E-state index contributed by atoms with van der Waals surface area (Å²) in [5, 5.41) is 11.1. The van der Waals surface area contributed by atoms with Crippen LogP contribution in [0.4, 0.5) is 5.69 Å². The zero-order chi connectivity index (χ0) is 25.6. The third-order valence-electron chi connectivity index (χ3n) is 5.11. The first-order chi connectivity index (χ1) is 16.6. The van der Waals surface area contributed by atoms with E-state index in [9.17, 15) is 23.3 Å². The van der Waals surface area contributed by atoms with Crippen molar-refractivity contribution < 1.29 is 18.1 Å². The number of benzene rings is 2. The van der Waals surface area contributed by atoms with Crippen LogP contribution in [-0.4, -0.2) is 41.5 Å². The Morgan fingerprint density at radius 1 is 1.14 bits per heavy atom. The number of carbonyl (C=O) groups excluding carboxylic acids is 1. The Morgan fingerprint density at radius 2 is 1.86 bits per heavy atom. The summed E-state index contributed by atoms with van der Waals surface area (Å²) in [7, 11) is -4.25. The average molecular weight is 534 g/mol. The molecule has 1 amide bonds. The van der Waals surface area contributed by atoms with Crippen LogP contribution in [0.3, 0.4) is 0 Å². The maximum Gasteiger partial charge on any atom is 0.289 e. The van der Waals surface area contributed by atoms with Crippen molar-refractivity contribution in [3.8, 4) is 0 Å². The summed E-state index contributed by atoms with van der Waals surface area (Å²) < 4.78 is 27.6. The molecule has 0 N–H and O–H groups in total. The second-order valence-corrected chi connectivity index (χ2v) is 11.4. The number of carbonyl (C=O) groups is 1. The molecule has 0 bridgehead atoms. The fourth-order valence-corrected chi connectivity index (χ4v) is 5.85. The second-order valence-electron chi connectivity index (χ2n) is 7.70. The third kappa shape index (κ3) is 6.76. The Morgan fingerprint density at radius 3 is 2.46 bits per heavy atom. The van der Waals surface area contributed by atoms with Gasteiger partial charge in [-0.25, -0.2) is 8.42 Å². The Labute approximate surface area is 213 Å². The molecule has 3 aromatic rings. The predicted octanol–water partition coefficient (Wildman–Crippen LogP) is 5.02. The molecular formula is C24H24ClN3O5S2. The van der Waals surface area contributed by atoms with Crippen molar-refractivity contribution in [3.05, 3.63) is 104 Å². The van der Waals surface area contributed by atoms with Gasteiger partial charge in [-0.1, -0.05) is 48.0 Å². The molecule has 8 nitrogen and oxygen atoms in total.